The molecule has 1 N–H and O–H groups in total. The number of hydrogen-bond acceptors (Lipinski definition) is 6. The summed E-state index contributed by atoms with van der Waals surface area (Å²) in [6.45, 7) is 10.6. The van der Waals surface area contributed by atoms with Crippen molar-refractivity contribution in [1.29, 1.82) is 5.26 Å². The fourth-order valence-electron chi connectivity index (χ4n) is 5.20. The Bertz CT molecular complexity index is 1020. The van der Waals surface area contributed by atoms with Crippen LogP contribution >= 0.6 is 0 Å². The maximum absolute atomic E-state index is 9.60. The number of fused-ring (bicyclic) bond motifs is 1. The Hall–Kier alpha value is -2.47. The summed E-state index contributed by atoms with van der Waals surface area (Å²) in [5, 5.41) is 21.3. The second-order valence-electron chi connectivity index (χ2n) is 10.3. The molecular formula is C27H33NO5Si. The molecular weight excluding hydrogens is 446 g/mol. The molecule has 4 rings (SSSR count). The van der Waals surface area contributed by atoms with Gasteiger partial charge in [0.05, 0.1) is 18.4 Å². The van der Waals surface area contributed by atoms with Crippen LogP contribution in [-0.4, -0.2) is 50.2 Å². The van der Waals surface area contributed by atoms with Crippen LogP contribution in [0.2, 0.25) is 5.04 Å². The Morgan fingerprint density at radius 3 is 2.03 bits per heavy atom. The van der Waals surface area contributed by atoms with Gasteiger partial charge >= 0.3 is 0 Å². The third kappa shape index (κ3) is 4.33. The molecule has 0 amide bonds. The van der Waals surface area contributed by atoms with Crippen molar-refractivity contribution in [3.63, 3.8) is 0 Å². The molecule has 34 heavy (non-hydrogen) atoms. The number of benzene rings is 2. The third-order valence-electron chi connectivity index (χ3n) is 6.61. The lowest BCUT2D eigenvalue weighted by molar-refractivity contribution is -0.185. The summed E-state index contributed by atoms with van der Waals surface area (Å²) in [4.78, 5) is 0. The van der Waals surface area contributed by atoms with Gasteiger partial charge in [0, 0.05) is 0 Å². The minimum atomic E-state index is -2.77. The molecule has 6 nitrogen and oxygen atoms in total. The predicted octanol–water partition coefficient (Wildman–Crippen LogP) is 3.82. The maximum atomic E-state index is 9.60. The van der Waals surface area contributed by atoms with Crippen LogP contribution in [0.5, 0.6) is 0 Å². The van der Waals surface area contributed by atoms with Crippen molar-refractivity contribution < 1.29 is 23.7 Å². The summed E-state index contributed by atoms with van der Waals surface area (Å²) in [7, 11) is -2.77. The van der Waals surface area contributed by atoms with Gasteiger partial charge in [0.1, 0.15) is 30.5 Å². The zero-order chi connectivity index (χ0) is 24.6. The average molecular weight is 480 g/mol. The van der Waals surface area contributed by atoms with Crippen LogP contribution in [0, 0.1) is 11.3 Å². The van der Waals surface area contributed by atoms with Crippen molar-refractivity contribution in [2.24, 2.45) is 0 Å². The Kier molecular flexibility index (Phi) is 6.73. The lowest BCUT2D eigenvalue weighted by atomic mass is 10.0. The first-order chi connectivity index (χ1) is 16.1. The summed E-state index contributed by atoms with van der Waals surface area (Å²) in [6.07, 6.45) is -1.29. The zero-order valence-corrected chi connectivity index (χ0v) is 21.4. The molecule has 0 spiro atoms. The van der Waals surface area contributed by atoms with Crippen molar-refractivity contribution >= 4 is 18.7 Å². The summed E-state index contributed by atoms with van der Waals surface area (Å²) >= 11 is 0. The van der Waals surface area contributed by atoms with Crippen LogP contribution in [0.25, 0.3) is 0 Å². The molecule has 0 saturated carbocycles. The summed E-state index contributed by atoms with van der Waals surface area (Å²) < 4.78 is 25.5. The van der Waals surface area contributed by atoms with Gasteiger partial charge in [-0.3, -0.25) is 0 Å². The van der Waals surface area contributed by atoms with Crippen LogP contribution in [0.4, 0.5) is 0 Å². The molecule has 2 aliphatic rings. The van der Waals surface area contributed by atoms with E-state index in [2.05, 4.69) is 69.3 Å². The molecule has 2 aromatic rings. The number of ether oxygens (including phenoxy) is 3. The zero-order valence-electron chi connectivity index (χ0n) is 20.4. The summed E-state index contributed by atoms with van der Waals surface area (Å²) in [6, 6.07) is 22.8. The highest BCUT2D eigenvalue weighted by Crippen LogP contribution is 2.42. The molecule has 0 aromatic heterocycles. The molecule has 2 aromatic carbocycles. The molecule has 2 heterocycles. The smallest absolute Gasteiger partial charge is 0.261 e. The van der Waals surface area contributed by atoms with Gasteiger partial charge in [-0.15, -0.1) is 0 Å². The van der Waals surface area contributed by atoms with Crippen molar-refractivity contribution in [2.75, 3.05) is 6.61 Å². The van der Waals surface area contributed by atoms with E-state index in [0.29, 0.717) is 0 Å². The van der Waals surface area contributed by atoms with Crippen molar-refractivity contribution in [1.82, 2.24) is 0 Å². The Labute approximate surface area is 202 Å². The Morgan fingerprint density at radius 1 is 1.03 bits per heavy atom. The van der Waals surface area contributed by atoms with Gasteiger partial charge in [-0.1, -0.05) is 81.4 Å². The number of nitriles is 1. The molecule has 0 radical (unpaired) electrons. The van der Waals surface area contributed by atoms with E-state index >= 15 is 0 Å². The summed E-state index contributed by atoms with van der Waals surface area (Å²) in [5.41, 5.74) is 0.115. The number of aliphatic hydroxyl groups excluding tert-OH is 1. The molecule has 7 heteroatoms. The van der Waals surface area contributed by atoms with Crippen molar-refractivity contribution in [3.05, 3.63) is 72.5 Å². The fourth-order valence-corrected chi connectivity index (χ4v) is 9.77. The monoisotopic (exact) mass is 479 g/mol. The van der Waals surface area contributed by atoms with Crippen molar-refractivity contribution in [2.45, 2.75) is 69.9 Å². The molecule has 4 atom stereocenters. The number of rotatable bonds is 6. The van der Waals surface area contributed by atoms with E-state index in [9.17, 15) is 10.4 Å². The van der Waals surface area contributed by atoms with Crippen molar-refractivity contribution in [3.8, 4) is 6.07 Å². The van der Waals surface area contributed by atoms with Gasteiger partial charge in [0.25, 0.3) is 8.32 Å². The van der Waals surface area contributed by atoms with E-state index in [-0.39, 0.29) is 17.2 Å². The number of nitrogens with zero attached hydrogens (tertiary/aromatic N) is 1. The highest BCUT2D eigenvalue weighted by Gasteiger charge is 2.58. The summed E-state index contributed by atoms with van der Waals surface area (Å²) in [5.74, 6) is -0.816. The lowest BCUT2D eigenvalue weighted by Crippen LogP contribution is -2.67. The largest absolute Gasteiger partial charge is 0.514 e. The number of hydrogen-bond donors (Lipinski definition) is 1. The second-order valence-corrected chi connectivity index (χ2v) is 14.6. The molecule has 2 fully saturated rings. The normalized spacial score (nSPS) is 26.8. The molecule has 1 unspecified atom stereocenters. The van der Waals surface area contributed by atoms with Gasteiger partial charge in [-0.25, -0.2) is 0 Å². The van der Waals surface area contributed by atoms with E-state index in [0.717, 1.165) is 6.26 Å². The van der Waals surface area contributed by atoms with Crippen LogP contribution in [-0.2, 0) is 18.6 Å². The average Bonchev–Trinajstić information content (AvgIpc) is 3.29. The van der Waals surface area contributed by atoms with Gasteiger partial charge in [0.2, 0.25) is 0 Å². The first-order valence-corrected chi connectivity index (χ1v) is 13.5. The highest BCUT2D eigenvalue weighted by molar-refractivity contribution is 6.99. The second kappa shape index (κ2) is 9.29. The van der Waals surface area contributed by atoms with E-state index in [1.807, 2.05) is 32.0 Å². The molecule has 2 aliphatic heterocycles. The minimum Gasteiger partial charge on any atom is -0.514 e. The van der Waals surface area contributed by atoms with E-state index in [4.69, 9.17) is 18.6 Å². The minimum absolute atomic E-state index is 0.115. The number of aliphatic hydroxyl groups is 1. The van der Waals surface area contributed by atoms with E-state index in [1.54, 1.807) is 0 Å². The van der Waals surface area contributed by atoms with Crippen LogP contribution in [0.3, 0.4) is 0 Å². The first kappa shape index (κ1) is 24.6. The van der Waals surface area contributed by atoms with Gasteiger partial charge < -0.3 is 23.7 Å². The Morgan fingerprint density at radius 2 is 1.56 bits per heavy atom. The highest BCUT2D eigenvalue weighted by atomic mass is 28.4. The quantitative estimate of drug-likeness (QED) is 0.385. The fraction of sp³-hybridized carbons (Fsp3) is 0.444. The van der Waals surface area contributed by atoms with E-state index in [1.165, 1.54) is 10.4 Å². The third-order valence-corrected chi connectivity index (χ3v) is 11.6. The standard InChI is InChI=1S/C27H33NO5Si/c1-26(2,3)34(20-12-8-6-9-13-20,21-14-10-7-11-15-21)30-18-22-24-25(33-27(4,5)32-24)23(31-22)19(16-28)17-29/h6-15,17,22-25,29H,18H2,1-5H3/t22-,23?,24-,25+/m1/s1. The van der Waals surface area contributed by atoms with Gasteiger partial charge in [0.15, 0.2) is 5.79 Å². The first-order valence-electron chi connectivity index (χ1n) is 11.6. The lowest BCUT2D eigenvalue weighted by Gasteiger charge is -2.43. The van der Waals surface area contributed by atoms with Crippen LogP contribution < -0.4 is 10.4 Å². The van der Waals surface area contributed by atoms with Crippen LogP contribution in [0.1, 0.15) is 34.6 Å². The maximum Gasteiger partial charge on any atom is 0.261 e. The van der Waals surface area contributed by atoms with E-state index < -0.39 is 38.5 Å². The van der Waals surface area contributed by atoms with Gasteiger partial charge in [-0.2, -0.15) is 5.26 Å². The van der Waals surface area contributed by atoms with Gasteiger partial charge in [-0.05, 0) is 29.3 Å². The molecule has 2 saturated heterocycles. The molecule has 0 bridgehead atoms. The molecule has 180 valence electrons. The van der Waals surface area contributed by atoms with Crippen LogP contribution in [0.15, 0.2) is 72.5 Å². The Balaban J connectivity index is 1.72. The topological polar surface area (TPSA) is 80.9 Å². The SMILES string of the molecule is CC1(C)O[C@@H]2[C@@H](CO[Si](c3ccccc3)(c3ccccc3)C(C)(C)C)OC(C(C#N)=CO)[C@@H]2O1. The predicted molar refractivity (Wildman–Crippen MR) is 132 cm³/mol. The molecule has 0 aliphatic carbocycles.